The fourth-order valence-electron chi connectivity index (χ4n) is 2.66. The Morgan fingerprint density at radius 2 is 2.29 bits per heavy atom. The normalized spacial score (nSPS) is 18.3. The standard InChI is InChI=1S/C14H22N2O/c1-15-9-5-6-11-10-12-13(16(11)2)7-4-8-14(12)17-3/h4,7-8,11,15H,5-6,9-10H2,1-3H3. The van der Waals surface area contributed by atoms with Gasteiger partial charge < -0.3 is 15.0 Å². The molecule has 17 heavy (non-hydrogen) atoms. The average molecular weight is 234 g/mol. The molecule has 3 heteroatoms. The summed E-state index contributed by atoms with van der Waals surface area (Å²) in [5, 5.41) is 3.21. The second-order valence-electron chi connectivity index (χ2n) is 4.67. The first-order valence-electron chi connectivity index (χ1n) is 6.31. The minimum absolute atomic E-state index is 0.620. The van der Waals surface area contributed by atoms with Gasteiger partial charge in [0.25, 0.3) is 0 Å². The molecule has 0 spiro atoms. The summed E-state index contributed by atoms with van der Waals surface area (Å²) in [6.07, 6.45) is 3.57. The Kier molecular flexibility index (Phi) is 3.89. The fraction of sp³-hybridized carbons (Fsp3) is 0.571. The van der Waals surface area contributed by atoms with E-state index in [1.165, 1.54) is 24.1 Å². The van der Waals surface area contributed by atoms with E-state index in [9.17, 15) is 0 Å². The van der Waals surface area contributed by atoms with Gasteiger partial charge in [0, 0.05) is 24.3 Å². The maximum Gasteiger partial charge on any atom is 0.124 e. The third-order valence-corrected chi connectivity index (χ3v) is 3.66. The monoisotopic (exact) mass is 234 g/mol. The van der Waals surface area contributed by atoms with Gasteiger partial charge in [-0.2, -0.15) is 0 Å². The van der Waals surface area contributed by atoms with E-state index in [4.69, 9.17) is 4.74 Å². The van der Waals surface area contributed by atoms with Gasteiger partial charge in [-0.1, -0.05) is 6.07 Å². The van der Waals surface area contributed by atoms with Crippen LogP contribution in [0.25, 0.3) is 0 Å². The van der Waals surface area contributed by atoms with Gasteiger partial charge in [0.05, 0.1) is 7.11 Å². The highest BCUT2D eigenvalue weighted by atomic mass is 16.5. The molecule has 1 N–H and O–H groups in total. The van der Waals surface area contributed by atoms with Crippen LogP contribution in [-0.2, 0) is 6.42 Å². The molecule has 0 radical (unpaired) electrons. The van der Waals surface area contributed by atoms with E-state index in [1.54, 1.807) is 7.11 Å². The summed E-state index contributed by atoms with van der Waals surface area (Å²) in [5.41, 5.74) is 2.70. The molecular weight excluding hydrogens is 212 g/mol. The predicted octanol–water partition coefficient (Wildman–Crippen LogP) is 2.06. The third kappa shape index (κ3) is 2.39. The zero-order valence-electron chi connectivity index (χ0n) is 11.0. The Balaban J connectivity index is 2.09. The lowest BCUT2D eigenvalue weighted by molar-refractivity contribution is 0.409. The summed E-state index contributed by atoms with van der Waals surface area (Å²) in [7, 11) is 5.95. The molecule has 1 aromatic rings. The van der Waals surface area contributed by atoms with Crippen LogP contribution in [0.5, 0.6) is 5.75 Å². The fourth-order valence-corrected chi connectivity index (χ4v) is 2.66. The number of methoxy groups -OCH3 is 1. The molecule has 0 aliphatic carbocycles. The number of benzene rings is 1. The number of likely N-dealkylation sites (N-methyl/N-ethyl adjacent to an activating group) is 1. The van der Waals surface area contributed by atoms with Crippen LogP contribution in [0.2, 0.25) is 0 Å². The second-order valence-corrected chi connectivity index (χ2v) is 4.67. The molecule has 1 aliphatic rings. The highest BCUT2D eigenvalue weighted by Crippen LogP contribution is 2.38. The van der Waals surface area contributed by atoms with Crippen LogP contribution in [0.3, 0.4) is 0 Å². The van der Waals surface area contributed by atoms with Gasteiger partial charge in [-0.05, 0) is 45.0 Å². The number of hydrogen-bond donors (Lipinski definition) is 1. The van der Waals surface area contributed by atoms with Crippen LogP contribution >= 0.6 is 0 Å². The van der Waals surface area contributed by atoms with E-state index >= 15 is 0 Å². The Labute approximate surface area is 104 Å². The van der Waals surface area contributed by atoms with Crippen molar-refractivity contribution in [2.75, 3.05) is 32.6 Å². The quantitative estimate of drug-likeness (QED) is 0.789. The molecule has 94 valence electrons. The van der Waals surface area contributed by atoms with Crippen molar-refractivity contribution in [3.8, 4) is 5.75 Å². The van der Waals surface area contributed by atoms with E-state index < -0.39 is 0 Å². The SMILES string of the molecule is CNCCCC1Cc2c(OC)cccc2N1C. The number of nitrogens with zero attached hydrogens (tertiary/aromatic N) is 1. The molecule has 0 saturated heterocycles. The van der Waals surface area contributed by atoms with Crippen molar-refractivity contribution in [1.29, 1.82) is 0 Å². The maximum atomic E-state index is 5.44. The van der Waals surface area contributed by atoms with E-state index in [2.05, 4.69) is 35.5 Å². The van der Waals surface area contributed by atoms with Crippen LogP contribution < -0.4 is 15.0 Å². The van der Waals surface area contributed by atoms with Gasteiger partial charge in [0.2, 0.25) is 0 Å². The lowest BCUT2D eigenvalue weighted by Crippen LogP contribution is -2.28. The molecule has 0 bridgehead atoms. The van der Waals surface area contributed by atoms with Gasteiger partial charge in [0.15, 0.2) is 0 Å². The van der Waals surface area contributed by atoms with Crippen LogP contribution in [0.15, 0.2) is 18.2 Å². The summed E-state index contributed by atoms with van der Waals surface area (Å²) in [5.74, 6) is 1.03. The minimum atomic E-state index is 0.620. The average Bonchev–Trinajstić information content (AvgIpc) is 2.67. The summed E-state index contributed by atoms with van der Waals surface area (Å²) < 4.78 is 5.44. The molecular formula is C14H22N2O. The highest BCUT2D eigenvalue weighted by Gasteiger charge is 2.28. The van der Waals surface area contributed by atoms with Crippen molar-refractivity contribution < 1.29 is 4.74 Å². The Morgan fingerprint density at radius 3 is 3.00 bits per heavy atom. The molecule has 1 unspecified atom stereocenters. The summed E-state index contributed by atoms with van der Waals surface area (Å²) >= 11 is 0. The summed E-state index contributed by atoms with van der Waals surface area (Å²) in [4.78, 5) is 2.40. The first kappa shape index (κ1) is 12.2. The molecule has 2 rings (SSSR count). The summed E-state index contributed by atoms with van der Waals surface area (Å²) in [6, 6.07) is 6.94. The van der Waals surface area contributed by atoms with Gasteiger partial charge in [-0.25, -0.2) is 0 Å². The topological polar surface area (TPSA) is 24.5 Å². The lowest BCUT2D eigenvalue weighted by Gasteiger charge is -2.22. The van der Waals surface area contributed by atoms with Gasteiger partial charge in [-0.15, -0.1) is 0 Å². The molecule has 1 atom stereocenters. The number of fused-ring (bicyclic) bond motifs is 1. The number of rotatable bonds is 5. The molecule has 0 fully saturated rings. The lowest BCUT2D eigenvalue weighted by atomic mass is 10.1. The first-order valence-corrected chi connectivity index (χ1v) is 6.31. The smallest absolute Gasteiger partial charge is 0.124 e. The Morgan fingerprint density at radius 1 is 1.47 bits per heavy atom. The number of anilines is 1. The van der Waals surface area contributed by atoms with E-state index in [1.807, 2.05) is 7.05 Å². The third-order valence-electron chi connectivity index (χ3n) is 3.66. The first-order chi connectivity index (χ1) is 8.27. The van der Waals surface area contributed by atoms with Crippen molar-refractivity contribution in [3.63, 3.8) is 0 Å². The van der Waals surface area contributed by atoms with Gasteiger partial charge in [0.1, 0.15) is 5.75 Å². The zero-order valence-corrected chi connectivity index (χ0v) is 11.0. The second kappa shape index (κ2) is 5.41. The van der Waals surface area contributed by atoms with Crippen molar-refractivity contribution in [3.05, 3.63) is 23.8 Å². The molecule has 1 heterocycles. The van der Waals surface area contributed by atoms with Crippen LogP contribution in [0.1, 0.15) is 18.4 Å². The van der Waals surface area contributed by atoms with E-state index in [0.717, 1.165) is 18.7 Å². The molecule has 0 aromatic heterocycles. The number of ether oxygens (including phenoxy) is 1. The van der Waals surface area contributed by atoms with Crippen molar-refractivity contribution in [1.82, 2.24) is 5.32 Å². The molecule has 0 saturated carbocycles. The van der Waals surface area contributed by atoms with Crippen molar-refractivity contribution in [2.45, 2.75) is 25.3 Å². The Bertz CT molecular complexity index is 378. The number of hydrogen-bond acceptors (Lipinski definition) is 3. The number of nitrogens with one attached hydrogen (secondary N) is 1. The molecule has 3 nitrogen and oxygen atoms in total. The van der Waals surface area contributed by atoms with Crippen LogP contribution in [0.4, 0.5) is 5.69 Å². The van der Waals surface area contributed by atoms with Crippen molar-refractivity contribution >= 4 is 5.69 Å². The Hall–Kier alpha value is -1.22. The largest absolute Gasteiger partial charge is 0.496 e. The van der Waals surface area contributed by atoms with Crippen LogP contribution in [-0.4, -0.2) is 33.8 Å². The van der Waals surface area contributed by atoms with E-state index in [-0.39, 0.29) is 0 Å². The molecule has 1 aliphatic heterocycles. The maximum absolute atomic E-state index is 5.44. The highest BCUT2D eigenvalue weighted by molar-refractivity contribution is 5.63. The molecule has 0 amide bonds. The summed E-state index contributed by atoms with van der Waals surface area (Å²) in [6.45, 7) is 1.10. The predicted molar refractivity (Wildman–Crippen MR) is 72.0 cm³/mol. The van der Waals surface area contributed by atoms with Gasteiger partial charge in [-0.3, -0.25) is 0 Å². The van der Waals surface area contributed by atoms with E-state index in [0.29, 0.717) is 6.04 Å². The van der Waals surface area contributed by atoms with Crippen molar-refractivity contribution in [2.24, 2.45) is 0 Å². The molecule has 1 aromatic carbocycles. The van der Waals surface area contributed by atoms with Gasteiger partial charge >= 0.3 is 0 Å². The minimum Gasteiger partial charge on any atom is -0.496 e. The zero-order chi connectivity index (χ0) is 12.3. The van der Waals surface area contributed by atoms with Crippen LogP contribution in [0, 0.1) is 0 Å².